The molecule has 18 heavy (non-hydrogen) atoms. The van der Waals surface area contributed by atoms with E-state index in [2.05, 4.69) is 52.0 Å². The van der Waals surface area contributed by atoms with Gasteiger partial charge in [0, 0.05) is 24.6 Å². The van der Waals surface area contributed by atoms with Gasteiger partial charge in [0.25, 0.3) is 0 Å². The van der Waals surface area contributed by atoms with Crippen molar-refractivity contribution in [1.82, 2.24) is 9.97 Å². The fraction of sp³-hybridized carbons (Fsp3) is 0.692. The van der Waals surface area contributed by atoms with Crippen molar-refractivity contribution >= 4 is 21.7 Å². The molecule has 1 aromatic rings. The minimum absolute atomic E-state index is 0.133. The molecule has 102 valence electrons. The van der Waals surface area contributed by atoms with E-state index < -0.39 is 0 Å². The molecule has 0 aliphatic heterocycles. The van der Waals surface area contributed by atoms with E-state index in [0.717, 1.165) is 35.5 Å². The molecule has 1 rings (SSSR count). The number of anilines is 1. The fourth-order valence-electron chi connectivity index (χ4n) is 1.75. The number of aliphatic hydroxyl groups excluding tert-OH is 1. The molecule has 1 aromatic heterocycles. The molecule has 2 N–H and O–H groups in total. The van der Waals surface area contributed by atoms with Crippen LogP contribution < -0.4 is 5.32 Å². The summed E-state index contributed by atoms with van der Waals surface area (Å²) < 4.78 is 0.797. The summed E-state index contributed by atoms with van der Waals surface area (Å²) in [7, 11) is 0. The van der Waals surface area contributed by atoms with Crippen molar-refractivity contribution in [2.45, 2.75) is 52.0 Å². The second kappa shape index (κ2) is 7.04. The van der Waals surface area contributed by atoms with Crippen LogP contribution in [0.2, 0.25) is 0 Å². The van der Waals surface area contributed by atoms with Gasteiger partial charge in [-0.05, 0) is 42.1 Å². The molecule has 0 saturated carbocycles. The molecule has 0 fully saturated rings. The maximum absolute atomic E-state index is 9.12. The largest absolute Gasteiger partial charge is 0.396 e. The molecular weight excluding hydrogens is 294 g/mol. The van der Waals surface area contributed by atoms with Gasteiger partial charge >= 0.3 is 0 Å². The van der Waals surface area contributed by atoms with Crippen LogP contribution in [0, 0.1) is 0 Å². The zero-order valence-corrected chi connectivity index (χ0v) is 12.9. The molecule has 0 radical (unpaired) electrons. The quantitative estimate of drug-likeness (QED) is 0.759. The Hall–Kier alpha value is -0.680. The Morgan fingerprint density at radius 1 is 1.39 bits per heavy atom. The van der Waals surface area contributed by atoms with Crippen LogP contribution in [0.5, 0.6) is 0 Å². The normalized spacial score (nSPS) is 14.3. The summed E-state index contributed by atoms with van der Waals surface area (Å²) >= 11 is 3.41. The van der Waals surface area contributed by atoms with E-state index in [0.29, 0.717) is 6.42 Å². The van der Waals surface area contributed by atoms with Gasteiger partial charge < -0.3 is 10.4 Å². The van der Waals surface area contributed by atoms with Crippen LogP contribution in [-0.2, 0) is 6.42 Å². The minimum Gasteiger partial charge on any atom is -0.396 e. The first kappa shape index (κ1) is 15.4. The van der Waals surface area contributed by atoms with Crippen molar-refractivity contribution in [1.29, 1.82) is 0 Å². The molecule has 5 heteroatoms. The molecule has 0 bridgehead atoms. The first-order chi connectivity index (χ1) is 8.53. The van der Waals surface area contributed by atoms with Gasteiger partial charge in [0.05, 0.1) is 0 Å². The van der Waals surface area contributed by atoms with Crippen LogP contribution >= 0.6 is 15.9 Å². The Morgan fingerprint density at radius 2 is 2.11 bits per heavy atom. The predicted octanol–water partition coefficient (Wildman–Crippen LogP) is 3.15. The lowest BCUT2D eigenvalue weighted by Gasteiger charge is -2.29. The molecule has 0 spiro atoms. The first-order valence-corrected chi connectivity index (χ1v) is 7.24. The molecule has 1 atom stereocenters. The zero-order chi connectivity index (χ0) is 13.6. The summed E-state index contributed by atoms with van der Waals surface area (Å²) in [5.41, 5.74) is -0.133. The molecular formula is C13H22BrN3O. The predicted molar refractivity (Wildman–Crippen MR) is 77.7 cm³/mol. The third kappa shape index (κ3) is 4.53. The maximum Gasteiger partial charge on any atom is 0.132 e. The maximum atomic E-state index is 9.12. The molecule has 1 heterocycles. The number of hydrogen-bond acceptors (Lipinski definition) is 4. The summed E-state index contributed by atoms with van der Waals surface area (Å²) in [6, 6.07) is 1.88. The van der Waals surface area contributed by atoms with E-state index in [9.17, 15) is 0 Å². The van der Waals surface area contributed by atoms with Crippen LogP contribution in [0.1, 0.15) is 45.9 Å². The van der Waals surface area contributed by atoms with Gasteiger partial charge in [0.15, 0.2) is 0 Å². The van der Waals surface area contributed by atoms with Crippen molar-refractivity contribution in [2.24, 2.45) is 0 Å². The number of aliphatic hydroxyl groups is 1. The van der Waals surface area contributed by atoms with Gasteiger partial charge in [0.1, 0.15) is 16.2 Å². The Balaban J connectivity index is 2.88. The van der Waals surface area contributed by atoms with Gasteiger partial charge in [0.2, 0.25) is 0 Å². The average molecular weight is 316 g/mol. The Bertz CT molecular complexity index is 386. The number of rotatable bonds is 7. The molecule has 4 nitrogen and oxygen atoms in total. The SMILES string of the molecule is CCCc1nc(Br)cc(NC(C)(CC)CCO)n1. The van der Waals surface area contributed by atoms with Gasteiger partial charge in [-0.2, -0.15) is 0 Å². The van der Waals surface area contributed by atoms with Gasteiger partial charge in [-0.3, -0.25) is 0 Å². The highest BCUT2D eigenvalue weighted by Gasteiger charge is 2.21. The van der Waals surface area contributed by atoms with Crippen LogP contribution in [0.25, 0.3) is 0 Å². The fourth-order valence-corrected chi connectivity index (χ4v) is 2.17. The highest BCUT2D eigenvalue weighted by molar-refractivity contribution is 9.10. The second-order valence-corrected chi connectivity index (χ2v) is 5.57. The van der Waals surface area contributed by atoms with E-state index in [1.165, 1.54) is 0 Å². The Morgan fingerprint density at radius 3 is 2.67 bits per heavy atom. The second-order valence-electron chi connectivity index (χ2n) is 4.75. The Labute approximate surface area is 117 Å². The standard InChI is InChI=1S/C13H22BrN3O/c1-4-6-11-15-10(14)9-12(16-11)17-13(3,5-2)7-8-18/h9,18H,4-8H2,1-3H3,(H,15,16,17). The molecule has 0 aliphatic rings. The lowest BCUT2D eigenvalue weighted by Crippen LogP contribution is -2.35. The summed E-state index contributed by atoms with van der Waals surface area (Å²) in [4.78, 5) is 8.85. The van der Waals surface area contributed by atoms with Crippen molar-refractivity contribution in [3.8, 4) is 0 Å². The molecule has 1 unspecified atom stereocenters. The van der Waals surface area contributed by atoms with Crippen LogP contribution in [0.15, 0.2) is 10.7 Å². The number of nitrogens with zero attached hydrogens (tertiary/aromatic N) is 2. The van der Waals surface area contributed by atoms with Gasteiger partial charge in [-0.15, -0.1) is 0 Å². The van der Waals surface area contributed by atoms with E-state index in [1.54, 1.807) is 0 Å². The van der Waals surface area contributed by atoms with Crippen LogP contribution in [0.4, 0.5) is 5.82 Å². The molecule has 0 aromatic carbocycles. The lowest BCUT2D eigenvalue weighted by atomic mass is 9.95. The zero-order valence-electron chi connectivity index (χ0n) is 11.3. The van der Waals surface area contributed by atoms with Crippen molar-refractivity contribution in [3.05, 3.63) is 16.5 Å². The third-order valence-corrected chi connectivity index (χ3v) is 3.49. The summed E-state index contributed by atoms with van der Waals surface area (Å²) in [6.07, 6.45) is 3.53. The monoisotopic (exact) mass is 315 g/mol. The number of nitrogens with one attached hydrogen (secondary N) is 1. The molecule has 0 amide bonds. The topological polar surface area (TPSA) is 58.0 Å². The van der Waals surface area contributed by atoms with E-state index in [-0.39, 0.29) is 12.1 Å². The van der Waals surface area contributed by atoms with Crippen LogP contribution in [-0.4, -0.2) is 27.2 Å². The summed E-state index contributed by atoms with van der Waals surface area (Å²) in [5, 5.41) is 12.5. The lowest BCUT2D eigenvalue weighted by molar-refractivity contribution is 0.252. The number of aromatic nitrogens is 2. The van der Waals surface area contributed by atoms with E-state index >= 15 is 0 Å². The number of hydrogen-bond donors (Lipinski definition) is 2. The van der Waals surface area contributed by atoms with Gasteiger partial charge in [-0.1, -0.05) is 13.8 Å². The van der Waals surface area contributed by atoms with E-state index in [4.69, 9.17) is 5.11 Å². The van der Waals surface area contributed by atoms with Crippen molar-refractivity contribution < 1.29 is 5.11 Å². The van der Waals surface area contributed by atoms with Gasteiger partial charge in [-0.25, -0.2) is 9.97 Å². The minimum atomic E-state index is -0.133. The summed E-state index contributed by atoms with van der Waals surface area (Å²) in [5.74, 6) is 1.66. The molecule has 0 saturated heterocycles. The Kier molecular flexibility index (Phi) is 6.02. The highest BCUT2D eigenvalue weighted by Crippen LogP contribution is 2.22. The first-order valence-electron chi connectivity index (χ1n) is 6.45. The van der Waals surface area contributed by atoms with E-state index in [1.807, 2.05) is 6.07 Å². The number of halogens is 1. The van der Waals surface area contributed by atoms with Crippen molar-refractivity contribution in [3.63, 3.8) is 0 Å². The number of aryl methyl sites for hydroxylation is 1. The summed E-state index contributed by atoms with van der Waals surface area (Å²) in [6.45, 7) is 6.48. The van der Waals surface area contributed by atoms with Crippen molar-refractivity contribution in [2.75, 3.05) is 11.9 Å². The van der Waals surface area contributed by atoms with Crippen LogP contribution in [0.3, 0.4) is 0 Å². The smallest absolute Gasteiger partial charge is 0.132 e. The average Bonchev–Trinajstić information content (AvgIpc) is 2.28. The third-order valence-electron chi connectivity index (χ3n) is 3.09. The highest BCUT2D eigenvalue weighted by atomic mass is 79.9. The molecule has 0 aliphatic carbocycles.